The molecule has 0 aromatic carbocycles. The van der Waals surface area contributed by atoms with Gasteiger partial charge in [-0.1, -0.05) is 6.92 Å². The van der Waals surface area contributed by atoms with Crippen LogP contribution in [0.1, 0.15) is 32.6 Å². The fourth-order valence-corrected chi connectivity index (χ4v) is 2.24. The molecule has 3 nitrogen and oxygen atoms in total. The molecule has 1 heterocycles. The maximum atomic E-state index is 5.41. The highest BCUT2D eigenvalue weighted by atomic mass is 16.5. The lowest BCUT2D eigenvalue weighted by Crippen LogP contribution is -2.31. The standard InChI is InChI=1S/C12H25NO2/c1-3-13-12(5-4-7-14-2)9-11-6-8-15-10-11/h11-13H,3-10H2,1-2H3. The molecular formula is C12H25NO2. The SMILES string of the molecule is CCNC(CCCOC)CC1CCOC1. The molecule has 0 spiro atoms. The van der Waals surface area contributed by atoms with Crippen LogP contribution in [0.25, 0.3) is 0 Å². The first-order valence-corrected chi connectivity index (χ1v) is 6.16. The summed E-state index contributed by atoms with van der Waals surface area (Å²) >= 11 is 0. The number of ether oxygens (including phenoxy) is 2. The normalized spacial score (nSPS) is 23.2. The second kappa shape index (κ2) is 8.08. The Balaban J connectivity index is 2.16. The van der Waals surface area contributed by atoms with Gasteiger partial charge < -0.3 is 14.8 Å². The Kier molecular flexibility index (Phi) is 6.98. The molecule has 1 aliphatic rings. The van der Waals surface area contributed by atoms with Crippen LogP contribution in [0, 0.1) is 5.92 Å². The summed E-state index contributed by atoms with van der Waals surface area (Å²) in [4.78, 5) is 0. The Morgan fingerprint density at radius 2 is 2.40 bits per heavy atom. The number of hydrogen-bond donors (Lipinski definition) is 1. The van der Waals surface area contributed by atoms with Gasteiger partial charge in [-0.05, 0) is 38.1 Å². The van der Waals surface area contributed by atoms with Crippen LogP contribution in [0.2, 0.25) is 0 Å². The highest BCUT2D eigenvalue weighted by molar-refractivity contribution is 4.74. The molecule has 1 rings (SSSR count). The van der Waals surface area contributed by atoms with E-state index in [1.165, 1.54) is 19.3 Å². The Morgan fingerprint density at radius 1 is 1.53 bits per heavy atom. The molecule has 3 heteroatoms. The van der Waals surface area contributed by atoms with Crippen LogP contribution in [0.3, 0.4) is 0 Å². The van der Waals surface area contributed by atoms with Crippen molar-refractivity contribution in [3.8, 4) is 0 Å². The summed E-state index contributed by atoms with van der Waals surface area (Å²) in [6, 6.07) is 0.650. The van der Waals surface area contributed by atoms with E-state index in [4.69, 9.17) is 9.47 Å². The topological polar surface area (TPSA) is 30.5 Å². The molecule has 0 aromatic heterocycles. The molecular weight excluding hydrogens is 190 g/mol. The Morgan fingerprint density at radius 3 is 3.00 bits per heavy atom. The van der Waals surface area contributed by atoms with Crippen LogP contribution in [-0.4, -0.2) is 39.5 Å². The summed E-state index contributed by atoms with van der Waals surface area (Å²) in [5, 5.41) is 3.56. The van der Waals surface area contributed by atoms with Crippen molar-refractivity contribution in [2.24, 2.45) is 5.92 Å². The van der Waals surface area contributed by atoms with E-state index >= 15 is 0 Å². The van der Waals surface area contributed by atoms with E-state index in [9.17, 15) is 0 Å². The first-order chi connectivity index (χ1) is 7.36. The molecule has 90 valence electrons. The summed E-state index contributed by atoms with van der Waals surface area (Å²) in [5.74, 6) is 0.775. The average molecular weight is 215 g/mol. The van der Waals surface area contributed by atoms with Crippen LogP contribution in [0.15, 0.2) is 0 Å². The van der Waals surface area contributed by atoms with Crippen molar-refractivity contribution >= 4 is 0 Å². The van der Waals surface area contributed by atoms with Crippen molar-refractivity contribution in [3.05, 3.63) is 0 Å². The number of nitrogens with one attached hydrogen (secondary N) is 1. The maximum Gasteiger partial charge on any atom is 0.0495 e. The molecule has 0 amide bonds. The molecule has 2 unspecified atom stereocenters. The van der Waals surface area contributed by atoms with Gasteiger partial charge in [0.25, 0.3) is 0 Å². The van der Waals surface area contributed by atoms with Crippen LogP contribution in [0.5, 0.6) is 0 Å². The zero-order valence-corrected chi connectivity index (χ0v) is 10.1. The first kappa shape index (κ1) is 12.9. The van der Waals surface area contributed by atoms with Gasteiger partial charge in [-0.2, -0.15) is 0 Å². The van der Waals surface area contributed by atoms with Gasteiger partial charge in [0.2, 0.25) is 0 Å². The van der Waals surface area contributed by atoms with Crippen molar-refractivity contribution in [1.82, 2.24) is 5.32 Å². The van der Waals surface area contributed by atoms with Gasteiger partial charge >= 0.3 is 0 Å². The van der Waals surface area contributed by atoms with E-state index in [1.807, 2.05) is 0 Å². The van der Waals surface area contributed by atoms with Crippen molar-refractivity contribution in [2.75, 3.05) is 33.5 Å². The quantitative estimate of drug-likeness (QED) is 0.626. The summed E-state index contributed by atoms with van der Waals surface area (Å²) in [6.07, 6.45) is 4.88. The molecule has 1 saturated heterocycles. The van der Waals surface area contributed by atoms with Gasteiger partial charge in [-0.15, -0.1) is 0 Å². The molecule has 0 radical (unpaired) electrons. The van der Waals surface area contributed by atoms with Crippen LogP contribution in [0.4, 0.5) is 0 Å². The van der Waals surface area contributed by atoms with Crippen LogP contribution < -0.4 is 5.32 Å². The molecule has 0 bridgehead atoms. The van der Waals surface area contributed by atoms with Gasteiger partial charge in [-0.25, -0.2) is 0 Å². The lowest BCUT2D eigenvalue weighted by atomic mass is 9.96. The molecule has 0 saturated carbocycles. The highest BCUT2D eigenvalue weighted by Gasteiger charge is 2.19. The van der Waals surface area contributed by atoms with Crippen LogP contribution >= 0.6 is 0 Å². The molecule has 2 atom stereocenters. The van der Waals surface area contributed by atoms with Crippen molar-refractivity contribution in [1.29, 1.82) is 0 Å². The molecule has 1 fully saturated rings. The smallest absolute Gasteiger partial charge is 0.0495 e. The van der Waals surface area contributed by atoms with Crippen molar-refractivity contribution < 1.29 is 9.47 Å². The van der Waals surface area contributed by atoms with E-state index in [1.54, 1.807) is 7.11 Å². The van der Waals surface area contributed by atoms with Gasteiger partial charge in [0.15, 0.2) is 0 Å². The molecule has 0 aromatic rings. The molecule has 1 N–H and O–H groups in total. The third-order valence-corrected chi connectivity index (χ3v) is 3.04. The van der Waals surface area contributed by atoms with E-state index < -0.39 is 0 Å². The predicted molar refractivity (Wildman–Crippen MR) is 62.1 cm³/mol. The van der Waals surface area contributed by atoms with Gasteiger partial charge in [0.05, 0.1) is 0 Å². The van der Waals surface area contributed by atoms with E-state index in [0.717, 1.165) is 38.7 Å². The summed E-state index contributed by atoms with van der Waals surface area (Å²) in [5.41, 5.74) is 0. The van der Waals surface area contributed by atoms with Crippen molar-refractivity contribution in [3.63, 3.8) is 0 Å². The van der Waals surface area contributed by atoms with E-state index in [0.29, 0.717) is 6.04 Å². The Labute approximate surface area is 93.5 Å². The molecule has 0 aliphatic carbocycles. The lowest BCUT2D eigenvalue weighted by molar-refractivity contribution is 0.175. The fraction of sp³-hybridized carbons (Fsp3) is 1.00. The van der Waals surface area contributed by atoms with Gasteiger partial charge in [0, 0.05) is 33.0 Å². The van der Waals surface area contributed by atoms with Crippen molar-refractivity contribution in [2.45, 2.75) is 38.6 Å². The summed E-state index contributed by atoms with van der Waals surface area (Å²) in [7, 11) is 1.77. The summed E-state index contributed by atoms with van der Waals surface area (Å²) in [6.45, 7) is 6.04. The van der Waals surface area contributed by atoms with E-state index in [2.05, 4.69) is 12.2 Å². The largest absolute Gasteiger partial charge is 0.385 e. The number of rotatable bonds is 8. The summed E-state index contributed by atoms with van der Waals surface area (Å²) < 4.78 is 10.5. The third kappa shape index (κ3) is 5.50. The highest BCUT2D eigenvalue weighted by Crippen LogP contribution is 2.19. The number of methoxy groups -OCH3 is 1. The minimum atomic E-state index is 0.650. The van der Waals surface area contributed by atoms with Gasteiger partial charge in [-0.3, -0.25) is 0 Å². The lowest BCUT2D eigenvalue weighted by Gasteiger charge is -2.20. The monoisotopic (exact) mass is 215 g/mol. The Hall–Kier alpha value is -0.120. The predicted octanol–water partition coefficient (Wildman–Crippen LogP) is 1.82. The zero-order valence-electron chi connectivity index (χ0n) is 10.1. The van der Waals surface area contributed by atoms with Gasteiger partial charge in [0.1, 0.15) is 0 Å². The Bertz CT molecular complexity index is 147. The second-order valence-electron chi connectivity index (χ2n) is 4.35. The number of hydrogen-bond acceptors (Lipinski definition) is 3. The average Bonchev–Trinajstić information content (AvgIpc) is 2.71. The minimum Gasteiger partial charge on any atom is -0.385 e. The molecule has 1 aliphatic heterocycles. The zero-order chi connectivity index (χ0) is 10.9. The maximum absolute atomic E-state index is 5.41. The van der Waals surface area contributed by atoms with E-state index in [-0.39, 0.29) is 0 Å². The van der Waals surface area contributed by atoms with Crippen LogP contribution in [-0.2, 0) is 9.47 Å². The molecule has 15 heavy (non-hydrogen) atoms. The first-order valence-electron chi connectivity index (χ1n) is 6.16. The fourth-order valence-electron chi connectivity index (χ4n) is 2.24. The second-order valence-corrected chi connectivity index (χ2v) is 4.35. The minimum absolute atomic E-state index is 0.650. The third-order valence-electron chi connectivity index (χ3n) is 3.04.